The predicted molar refractivity (Wildman–Crippen MR) is 134 cm³/mol. The highest BCUT2D eigenvalue weighted by molar-refractivity contribution is 6.31. The third-order valence-electron chi connectivity index (χ3n) is 5.66. The molecule has 1 fully saturated rings. The number of carbonyl (C=O) groups is 3. The summed E-state index contributed by atoms with van der Waals surface area (Å²) in [6, 6.07) is 19.9. The highest BCUT2D eigenvalue weighted by Crippen LogP contribution is 2.29. The molecule has 3 aromatic carbocycles. The molecule has 8 heteroatoms. The van der Waals surface area contributed by atoms with Gasteiger partial charge < -0.3 is 19.7 Å². The lowest BCUT2D eigenvalue weighted by molar-refractivity contribution is -0.151. The maximum absolute atomic E-state index is 12.5. The van der Waals surface area contributed by atoms with Crippen LogP contribution in [0, 0.1) is 19.8 Å². The van der Waals surface area contributed by atoms with Crippen LogP contribution in [-0.2, 0) is 19.1 Å². The molecule has 1 saturated heterocycles. The van der Waals surface area contributed by atoms with Gasteiger partial charge in [-0.3, -0.25) is 14.4 Å². The van der Waals surface area contributed by atoms with Crippen molar-refractivity contribution in [3.05, 3.63) is 82.9 Å². The molecule has 180 valence electrons. The van der Waals surface area contributed by atoms with E-state index in [0.717, 1.165) is 16.9 Å². The monoisotopic (exact) mass is 492 g/mol. The Labute approximate surface area is 208 Å². The van der Waals surface area contributed by atoms with Crippen LogP contribution in [0.1, 0.15) is 17.5 Å². The fraction of sp³-hybridized carbons (Fsp3) is 0.222. The Morgan fingerprint density at radius 3 is 2.31 bits per heavy atom. The number of amides is 2. The van der Waals surface area contributed by atoms with Crippen molar-refractivity contribution in [2.45, 2.75) is 20.3 Å². The zero-order valence-electron chi connectivity index (χ0n) is 19.4. The van der Waals surface area contributed by atoms with Gasteiger partial charge in [-0.15, -0.1) is 0 Å². The average molecular weight is 493 g/mol. The smallest absolute Gasteiger partial charge is 0.311 e. The van der Waals surface area contributed by atoms with Gasteiger partial charge in [0.1, 0.15) is 11.5 Å². The van der Waals surface area contributed by atoms with E-state index in [-0.39, 0.29) is 18.9 Å². The van der Waals surface area contributed by atoms with E-state index in [1.54, 1.807) is 42.5 Å². The van der Waals surface area contributed by atoms with Crippen LogP contribution in [0.4, 0.5) is 11.4 Å². The van der Waals surface area contributed by atoms with Crippen molar-refractivity contribution in [2.24, 2.45) is 5.92 Å². The maximum Gasteiger partial charge on any atom is 0.311 e. The van der Waals surface area contributed by atoms with E-state index in [1.165, 1.54) is 4.90 Å². The minimum atomic E-state index is -0.646. The lowest BCUT2D eigenvalue weighted by Crippen LogP contribution is -2.28. The van der Waals surface area contributed by atoms with Gasteiger partial charge in [0.05, 0.1) is 5.92 Å². The second-order valence-electron chi connectivity index (χ2n) is 8.43. The summed E-state index contributed by atoms with van der Waals surface area (Å²) >= 11 is 6.06. The summed E-state index contributed by atoms with van der Waals surface area (Å²) in [6.45, 7) is 3.60. The Kier molecular flexibility index (Phi) is 7.36. The molecule has 0 unspecified atom stereocenters. The number of carbonyl (C=O) groups excluding carboxylic acids is 3. The summed E-state index contributed by atoms with van der Waals surface area (Å²) in [5.41, 5.74) is 3.21. The van der Waals surface area contributed by atoms with Crippen molar-refractivity contribution >= 4 is 40.8 Å². The Morgan fingerprint density at radius 1 is 1.00 bits per heavy atom. The predicted octanol–water partition coefficient (Wildman–Crippen LogP) is 5.28. The lowest BCUT2D eigenvalue weighted by atomic mass is 10.1. The molecule has 1 aliphatic rings. The standard InChI is InChI=1S/C27H25ClN2O5/c1-17-3-9-22(10-4-17)35-23-11-7-21(8-12-23)30-15-19(13-26(30)32)27(33)34-16-25(31)29-20-6-5-18(2)24(28)14-20/h3-12,14,19H,13,15-16H2,1-2H3,(H,29,31)/t19-/m0/s1. The first-order chi connectivity index (χ1) is 16.8. The quantitative estimate of drug-likeness (QED) is 0.453. The highest BCUT2D eigenvalue weighted by Gasteiger charge is 2.36. The molecule has 7 nitrogen and oxygen atoms in total. The first kappa shape index (κ1) is 24.3. The van der Waals surface area contributed by atoms with Crippen LogP contribution in [0.15, 0.2) is 66.7 Å². The van der Waals surface area contributed by atoms with Crippen LogP contribution in [0.5, 0.6) is 11.5 Å². The van der Waals surface area contributed by atoms with Gasteiger partial charge in [-0.05, 0) is 67.9 Å². The Hall–Kier alpha value is -3.84. The third kappa shape index (κ3) is 6.19. The van der Waals surface area contributed by atoms with E-state index in [2.05, 4.69) is 5.32 Å². The molecule has 0 radical (unpaired) electrons. The molecule has 35 heavy (non-hydrogen) atoms. The molecule has 4 rings (SSSR count). The zero-order valence-corrected chi connectivity index (χ0v) is 20.2. The van der Waals surface area contributed by atoms with Gasteiger partial charge in [0, 0.05) is 29.4 Å². The number of rotatable bonds is 7. The number of hydrogen-bond donors (Lipinski definition) is 1. The maximum atomic E-state index is 12.5. The molecule has 0 aliphatic carbocycles. The van der Waals surface area contributed by atoms with Gasteiger partial charge >= 0.3 is 5.97 Å². The van der Waals surface area contributed by atoms with Crippen LogP contribution in [-0.4, -0.2) is 30.9 Å². The van der Waals surface area contributed by atoms with E-state index >= 15 is 0 Å². The Bertz CT molecular complexity index is 1240. The molecular weight excluding hydrogens is 468 g/mol. The number of anilines is 2. The molecule has 2 amide bonds. The van der Waals surface area contributed by atoms with Gasteiger partial charge in [-0.25, -0.2) is 0 Å². The molecule has 0 bridgehead atoms. The number of nitrogens with one attached hydrogen (secondary N) is 1. The number of ether oxygens (including phenoxy) is 2. The van der Waals surface area contributed by atoms with Crippen molar-refractivity contribution < 1.29 is 23.9 Å². The van der Waals surface area contributed by atoms with E-state index in [4.69, 9.17) is 21.1 Å². The van der Waals surface area contributed by atoms with Crippen molar-refractivity contribution in [1.29, 1.82) is 0 Å². The minimum Gasteiger partial charge on any atom is -0.457 e. The molecular formula is C27H25ClN2O5. The Morgan fingerprint density at radius 2 is 1.66 bits per heavy atom. The molecule has 0 aromatic heterocycles. The first-order valence-electron chi connectivity index (χ1n) is 11.2. The summed E-state index contributed by atoms with van der Waals surface area (Å²) in [7, 11) is 0. The second-order valence-corrected chi connectivity index (χ2v) is 8.84. The summed E-state index contributed by atoms with van der Waals surface area (Å²) < 4.78 is 11.0. The zero-order chi connectivity index (χ0) is 24.9. The van der Waals surface area contributed by atoms with E-state index < -0.39 is 24.4 Å². The minimum absolute atomic E-state index is 0.0235. The van der Waals surface area contributed by atoms with Crippen LogP contribution < -0.4 is 15.0 Å². The van der Waals surface area contributed by atoms with Gasteiger partial charge in [-0.2, -0.15) is 0 Å². The van der Waals surface area contributed by atoms with Crippen LogP contribution in [0.25, 0.3) is 0 Å². The number of hydrogen-bond acceptors (Lipinski definition) is 5. The van der Waals surface area contributed by atoms with E-state index in [0.29, 0.717) is 22.1 Å². The fourth-order valence-corrected chi connectivity index (χ4v) is 3.85. The summed E-state index contributed by atoms with van der Waals surface area (Å²) in [5.74, 6) is -0.537. The van der Waals surface area contributed by atoms with Crippen LogP contribution in [0.2, 0.25) is 5.02 Å². The van der Waals surface area contributed by atoms with E-state index in [1.807, 2.05) is 38.1 Å². The highest BCUT2D eigenvalue weighted by atomic mass is 35.5. The van der Waals surface area contributed by atoms with Crippen LogP contribution in [0.3, 0.4) is 0 Å². The van der Waals surface area contributed by atoms with Gasteiger partial charge in [-0.1, -0.05) is 35.4 Å². The van der Waals surface area contributed by atoms with Gasteiger partial charge in [0.25, 0.3) is 5.91 Å². The topological polar surface area (TPSA) is 84.9 Å². The van der Waals surface area contributed by atoms with Crippen molar-refractivity contribution in [3.63, 3.8) is 0 Å². The SMILES string of the molecule is Cc1ccc(Oc2ccc(N3C[C@@H](C(=O)OCC(=O)Nc4ccc(C)c(Cl)c4)CC3=O)cc2)cc1. The summed E-state index contributed by atoms with van der Waals surface area (Å²) in [5, 5.41) is 3.16. The second kappa shape index (κ2) is 10.6. The molecule has 1 heterocycles. The fourth-order valence-electron chi connectivity index (χ4n) is 3.67. The molecule has 0 saturated carbocycles. The first-order valence-corrected chi connectivity index (χ1v) is 11.5. The number of benzene rings is 3. The number of aryl methyl sites for hydroxylation is 2. The van der Waals surface area contributed by atoms with Crippen molar-refractivity contribution in [1.82, 2.24) is 0 Å². The largest absolute Gasteiger partial charge is 0.457 e. The van der Waals surface area contributed by atoms with Crippen molar-refractivity contribution in [3.8, 4) is 11.5 Å². The van der Waals surface area contributed by atoms with Crippen LogP contribution >= 0.6 is 11.6 Å². The molecule has 1 N–H and O–H groups in total. The molecule has 3 aromatic rings. The number of esters is 1. The lowest BCUT2D eigenvalue weighted by Gasteiger charge is -2.17. The number of nitrogens with zero attached hydrogens (tertiary/aromatic N) is 1. The normalized spacial score (nSPS) is 15.1. The molecule has 0 spiro atoms. The third-order valence-corrected chi connectivity index (χ3v) is 6.07. The van der Waals surface area contributed by atoms with Gasteiger partial charge in [0.2, 0.25) is 5.91 Å². The summed E-state index contributed by atoms with van der Waals surface area (Å²) in [6.07, 6.45) is 0.0235. The summed E-state index contributed by atoms with van der Waals surface area (Å²) in [4.78, 5) is 38.7. The molecule has 1 atom stereocenters. The van der Waals surface area contributed by atoms with Gasteiger partial charge in [0.15, 0.2) is 6.61 Å². The molecule has 1 aliphatic heterocycles. The van der Waals surface area contributed by atoms with E-state index in [9.17, 15) is 14.4 Å². The average Bonchev–Trinajstić information content (AvgIpc) is 3.23. The van der Waals surface area contributed by atoms with Crippen molar-refractivity contribution in [2.75, 3.05) is 23.4 Å². The Balaban J connectivity index is 1.29. The number of halogens is 1.